The molecule has 2 rings (SSSR count). The Bertz CT molecular complexity index is 649. The highest BCUT2D eigenvalue weighted by Gasteiger charge is 2.28. The van der Waals surface area contributed by atoms with Crippen LogP contribution in [-0.2, 0) is 14.3 Å². The molecule has 25 heavy (non-hydrogen) atoms. The molecule has 9 nitrogen and oxygen atoms in total. The molecular formula is C16H25N5O4. The molecule has 138 valence electrons. The minimum absolute atomic E-state index is 0.0691. The zero-order chi connectivity index (χ0) is 18.6. The first-order chi connectivity index (χ1) is 11.8. The van der Waals surface area contributed by atoms with Crippen molar-refractivity contribution in [3.05, 3.63) is 11.9 Å². The van der Waals surface area contributed by atoms with Gasteiger partial charge in [-0.2, -0.15) is 5.10 Å². The molecular weight excluding hydrogens is 326 g/mol. The molecule has 1 fully saturated rings. The highest BCUT2D eigenvalue weighted by molar-refractivity contribution is 5.89. The van der Waals surface area contributed by atoms with Crippen LogP contribution in [0.15, 0.2) is 6.20 Å². The first kappa shape index (κ1) is 18.8. The fraction of sp³-hybridized carbons (Fsp3) is 0.625. The predicted molar refractivity (Wildman–Crippen MR) is 91.2 cm³/mol. The van der Waals surface area contributed by atoms with E-state index in [0.29, 0.717) is 44.2 Å². The zero-order valence-corrected chi connectivity index (χ0v) is 15.1. The van der Waals surface area contributed by atoms with Crippen molar-refractivity contribution in [2.75, 3.05) is 38.1 Å². The number of ether oxygens (including phenoxy) is 1. The monoisotopic (exact) mass is 351 g/mol. The van der Waals surface area contributed by atoms with Gasteiger partial charge >= 0.3 is 6.09 Å². The second-order valence-electron chi connectivity index (χ2n) is 5.98. The largest absolute Gasteiger partial charge is 0.450 e. The van der Waals surface area contributed by atoms with Crippen LogP contribution in [-0.4, -0.2) is 70.3 Å². The summed E-state index contributed by atoms with van der Waals surface area (Å²) >= 11 is 0. The molecule has 1 aromatic rings. The SMILES string of the molecule is CCOC(=O)N1CCN(C(=O)C(C)n2cc(NC(C)=O)c(C)n2)CC1. The summed E-state index contributed by atoms with van der Waals surface area (Å²) in [6, 6.07) is -0.490. The summed E-state index contributed by atoms with van der Waals surface area (Å²) in [5.41, 5.74) is 1.25. The van der Waals surface area contributed by atoms with Gasteiger partial charge in [-0.1, -0.05) is 0 Å². The van der Waals surface area contributed by atoms with Gasteiger partial charge in [0.05, 0.1) is 18.0 Å². The number of carbonyl (C=O) groups is 3. The number of hydrogen-bond acceptors (Lipinski definition) is 5. The Morgan fingerprint density at radius 3 is 2.40 bits per heavy atom. The highest BCUT2D eigenvalue weighted by Crippen LogP contribution is 2.18. The molecule has 2 heterocycles. The second kappa shape index (κ2) is 8.00. The minimum atomic E-state index is -0.490. The Hall–Kier alpha value is -2.58. The number of piperazine rings is 1. The molecule has 1 aliphatic heterocycles. The molecule has 0 spiro atoms. The van der Waals surface area contributed by atoms with Crippen molar-refractivity contribution in [1.29, 1.82) is 0 Å². The van der Waals surface area contributed by atoms with Crippen LogP contribution in [0.1, 0.15) is 32.5 Å². The number of rotatable bonds is 4. The number of anilines is 1. The van der Waals surface area contributed by atoms with E-state index >= 15 is 0 Å². The average molecular weight is 351 g/mol. The molecule has 1 unspecified atom stereocenters. The van der Waals surface area contributed by atoms with Gasteiger partial charge in [-0.15, -0.1) is 0 Å². The van der Waals surface area contributed by atoms with Crippen molar-refractivity contribution >= 4 is 23.6 Å². The number of nitrogens with zero attached hydrogens (tertiary/aromatic N) is 4. The van der Waals surface area contributed by atoms with Gasteiger partial charge < -0.3 is 19.9 Å². The number of carbonyl (C=O) groups excluding carboxylic acids is 3. The first-order valence-electron chi connectivity index (χ1n) is 8.37. The van der Waals surface area contributed by atoms with Crippen molar-refractivity contribution in [1.82, 2.24) is 19.6 Å². The molecule has 0 aliphatic carbocycles. The molecule has 3 amide bonds. The summed E-state index contributed by atoms with van der Waals surface area (Å²) in [7, 11) is 0. The summed E-state index contributed by atoms with van der Waals surface area (Å²) in [5, 5.41) is 7.01. The maximum absolute atomic E-state index is 12.7. The van der Waals surface area contributed by atoms with E-state index in [2.05, 4.69) is 10.4 Å². The number of aryl methyl sites for hydroxylation is 1. The third kappa shape index (κ3) is 4.49. The lowest BCUT2D eigenvalue weighted by Gasteiger charge is -2.35. The van der Waals surface area contributed by atoms with E-state index in [9.17, 15) is 14.4 Å². The van der Waals surface area contributed by atoms with E-state index < -0.39 is 6.04 Å². The molecule has 9 heteroatoms. The van der Waals surface area contributed by atoms with E-state index in [0.717, 1.165) is 0 Å². The van der Waals surface area contributed by atoms with E-state index in [1.165, 1.54) is 6.92 Å². The van der Waals surface area contributed by atoms with Gasteiger partial charge in [-0.3, -0.25) is 14.3 Å². The van der Waals surface area contributed by atoms with Crippen LogP contribution >= 0.6 is 0 Å². The van der Waals surface area contributed by atoms with Gasteiger partial charge in [-0.25, -0.2) is 4.79 Å². The smallest absolute Gasteiger partial charge is 0.409 e. The Morgan fingerprint density at radius 2 is 1.84 bits per heavy atom. The summed E-state index contributed by atoms with van der Waals surface area (Å²) in [6.45, 7) is 8.89. The van der Waals surface area contributed by atoms with Crippen LogP contribution in [0.4, 0.5) is 10.5 Å². The van der Waals surface area contributed by atoms with Gasteiger partial charge in [0.1, 0.15) is 6.04 Å². The first-order valence-corrected chi connectivity index (χ1v) is 8.37. The average Bonchev–Trinajstić information content (AvgIpc) is 2.94. The van der Waals surface area contributed by atoms with Gasteiger partial charge in [0.2, 0.25) is 11.8 Å². The van der Waals surface area contributed by atoms with E-state index in [-0.39, 0.29) is 17.9 Å². The minimum Gasteiger partial charge on any atom is -0.450 e. The van der Waals surface area contributed by atoms with Crippen molar-refractivity contribution in [3.63, 3.8) is 0 Å². The van der Waals surface area contributed by atoms with E-state index in [1.807, 2.05) is 0 Å². The van der Waals surface area contributed by atoms with Gasteiger partial charge in [0.15, 0.2) is 0 Å². The maximum Gasteiger partial charge on any atom is 0.409 e. The van der Waals surface area contributed by atoms with Gasteiger partial charge in [0.25, 0.3) is 0 Å². The molecule has 1 aromatic heterocycles. The standard InChI is InChI=1S/C16H25N5O4/c1-5-25-16(24)20-8-6-19(7-9-20)15(23)12(3)21-10-14(11(2)18-21)17-13(4)22/h10,12H,5-9H2,1-4H3,(H,17,22). The molecule has 0 radical (unpaired) electrons. The Morgan fingerprint density at radius 1 is 1.24 bits per heavy atom. The zero-order valence-electron chi connectivity index (χ0n) is 15.1. The molecule has 0 aromatic carbocycles. The number of aromatic nitrogens is 2. The van der Waals surface area contributed by atoms with Crippen molar-refractivity contribution < 1.29 is 19.1 Å². The number of hydrogen-bond donors (Lipinski definition) is 1. The third-order valence-corrected chi connectivity index (χ3v) is 4.10. The van der Waals surface area contributed by atoms with Crippen LogP contribution < -0.4 is 5.32 Å². The molecule has 1 aliphatic rings. The van der Waals surface area contributed by atoms with E-state index in [1.54, 1.807) is 41.4 Å². The molecule has 1 atom stereocenters. The van der Waals surface area contributed by atoms with Crippen LogP contribution in [0.25, 0.3) is 0 Å². The Labute approximate surface area is 146 Å². The third-order valence-electron chi connectivity index (χ3n) is 4.10. The van der Waals surface area contributed by atoms with Crippen molar-refractivity contribution in [2.45, 2.75) is 33.7 Å². The van der Waals surface area contributed by atoms with Crippen LogP contribution in [0.5, 0.6) is 0 Å². The van der Waals surface area contributed by atoms with E-state index in [4.69, 9.17) is 4.74 Å². The summed E-state index contributed by atoms with van der Waals surface area (Å²) < 4.78 is 6.53. The van der Waals surface area contributed by atoms with Crippen LogP contribution in [0.2, 0.25) is 0 Å². The molecule has 1 saturated heterocycles. The summed E-state index contributed by atoms with van der Waals surface area (Å²) in [4.78, 5) is 38.9. The van der Waals surface area contributed by atoms with Crippen LogP contribution in [0, 0.1) is 6.92 Å². The molecule has 0 bridgehead atoms. The predicted octanol–water partition coefficient (Wildman–Crippen LogP) is 1.01. The van der Waals surface area contributed by atoms with Crippen molar-refractivity contribution in [3.8, 4) is 0 Å². The quantitative estimate of drug-likeness (QED) is 0.873. The van der Waals surface area contributed by atoms with Gasteiger partial charge in [-0.05, 0) is 20.8 Å². The van der Waals surface area contributed by atoms with Crippen LogP contribution in [0.3, 0.4) is 0 Å². The second-order valence-corrected chi connectivity index (χ2v) is 5.98. The lowest BCUT2D eigenvalue weighted by atomic mass is 10.2. The fourth-order valence-corrected chi connectivity index (χ4v) is 2.69. The van der Waals surface area contributed by atoms with Crippen molar-refractivity contribution in [2.24, 2.45) is 0 Å². The topological polar surface area (TPSA) is 96.8 Å². The summed E-state index contributed by atoms with van der Waals surface area (Å²) in [6.07, 6.45) is 1.32. The number of amides is 3. The normalized spacial score (nSPS) is 15.7. The Kier molecular flexibility index (Phi) is 6.00. The fourth-order valence-electron chi connectivity index (χ4n) is 2.69. The number of nitrogens with one attached hydrogen (secondary N) is 1. The lowest BCUT2D eigenvalue weighted by molar-refractivity contribution is -0.136. The molecule has 0 saturated carbocycles. The Balaban J connectivity index is 1.97. The molecule has 1 N–H and O–H groups in total. The van der Waals surface area contributed by atoms with Gasteiger partial charge in [0, 0.05) is 39.3 Å². The maximum atomic E-state index is 12.7. The highest BCUT2D eigenvalue weighted by atomic mass is 16.6. The summed E-state index contributed by atoms with van der Waals surface area (Å²) in [5.74, 6) is -0.253. The lowest BCUT2D eigenvalue weighted by Crippen LogP contribution is -2.52.